The van der Waals surface area contributed by atoms with Crippen molar-refractivity contribution in [2.24, 2.45) is 0 Å². The second kappa shape index (κ2) is 6.31. The Morgan fingerprint density at radius 3 is 2.87 bits per heavy atom. The van der Waals surface area contributed by atoms with Crippen molar-refractivity contribution in [3.05, 3.63) is 45.9 Å². The van der Waals surface area contributed by atoms with Gasteiger partial charge >= 0.3 is 0 Å². The zero-order chi connectivity index (χ0) is 11.3. The highest BCUT2D eigenvalue weighted by Crippen LogP contribution is 2.20. The molecule has 1 N–H and O–H groups in total. The molecule has 1 nitrogen and oxygen atoms in total. The largest absolute Gasteiger partial charge is 0.305 e. The van der Waals surface area contributed by atoms with Crippen LogP contribution in [0.25, 0.3) is 0 Å². The molecule has 1 aromatic rings. The molecule has 0 heterocycles. The first-order chi connectivity index (χ1) is 7.13. The van der Waals surface area contributed by atoms with E-state index in [0.717, 1.165) is 10.9 Å². The van der Waals surface area contributed by atoms with Crippen molar-refractivity contribution in [1.29, 1.82) is 0 Å². The minimum Gasteiger partial charge on any atom is -0.305 e. The summed E-state index contributed by atoms with van der Waals surface area (Å²) in [6.45, 7) is 6.46. The highest BCUT2D eigenvalue weighted by atomic mass is 79.9. The first-order valence-electron chi connectivity index (χ1n) is 4.95. The predicted octanol–water partition coefficient (Wildman–Crippen LogP) is 4.24. The quantitative estimate of drug-likeness (QED) is 0.854. The second-order valence-electron chi connectivity index (χ2n) is 3.41. The third kappa shape index (κ3) is 4.37. The van der Waals surface area contributed by atoms with Gasteiger partial charge in [0, 0.05) is 22.1 Å². The lowest BCUT2D eigenvalue weighted by atomic mass is 10.0. The average molecular weight is 289 g/mol. The molecule has 0 saturated heterocycles. The third-order valence-electron chi connectivity index (χ3n) is 2.20. The van der Waals surface area contributed by atoms with Gasteiger partial charge in [-0.2, -0.15) is 0 Å². The molecule has 82 valence electrons. The second-order valence-corrected chi connectivity index (χ2v) is 4.86. The van der Waals surface area contributed by atoms with Gasteiger partial charge in [0.05, 0.1) is 0 Å². The van der Waals surface area contributed by atoms with Crippen LogP contribution in [0.4, 0.5) is 0 Å². The van der Waals surface area contributed by atoms with Crippen molar-refractivity contribution in [2.75, 3.05) is 6.54 Å². The minimum absolute atomic E-state index is 0.331. The van der Waals surface area contributed by atoms with Crippen LogP contribution >= 0.6 is 27.5 Å². The molecule has 0 spiro atoms. The molecule has 0 bridgehead atoms. The molecule has 0 saturated carbocycles. The lowest BCUT2D eigenvalue weighted by Crippen LogP contribution is -2.21. The van der Waals surface area contributed by atoms with E-state index in [1.54, 1.807) is 0 Å². The number of rotatable bonds is 5. The van der Waals surface area contributed by atoms with E-state index in [4.69, 9.17) is 11.6 Å². The van der Waals surface area contributed by atoms with Crippen LogP contribution in [0.2, 0.25) is 0 Å². The van der Waals surface area contributed by atoms with Crippen molar-refractivity contribution in [3.8, 4) is 0 Å². The Kier molecular flexibility index (Phi) is 5.37. The Bertz CT molecular complexity index is 338. The zero-order valence-electron chi connectivity index (χ0n) is 8.76. The first kappa shape index (κ1) is 12.8. The molecule has 0 aliphatic rings. The molecule has 1 atom stereocenters. The molecule has 1 rings (SSSR count). The van der Waals surface area contributed by atoms with Crippen molar-refractivity contribution in [3.63, 3.8) is 0 Å². The van der Waals surface area contributed by atoms with E-state index >= 15 is 0 Å². The Balaban J connectivity index is 2.69. The maximum Gasteiger partial charge on any atom is 0.0321 e. The normalized spacial score (nSPS) is 12.5. The first-order valence-corrected chi connectivity index (χ1v) is 6.12. The number of hydrogen-bond acceptors (Lipinski definition) is 1. The Labute approximate surface area is 105 Å². The van der Waals surface area contributed by atoms with E-state index in [9.17, 15) is 0 Å². The number of benzene rings is 1. The fourth-order valence-electron chi connectivity index (χ4n) is 1.46. The van der Waals surface area contributed by atoms with Crippen LogP contribution in [0.3, 0.4) is 0 Å². The molecule has 1 unspecified atom stereocenters. The van der Waals surface area contributed by atoms with Gasteiger partial charge in [0.2, 0.25) is 0 Å². The molecule has 0 radical (unpaired) electrons. The molecule has 0 amide bonds. The summed E-state index contributed by atoms with van der Waals surface area (Å²) in [5.74, 6) is 0. The minimum atomic E-state index is 0.331. The van der Waals surface area contributed by atoms with Gasteiger partial charge in [-0.3, -0.25) is 0 Å². The number of halogens is 2. The molecule has 0 fully saturated rings. The van der Waals surface area contributed by atoms with E-state index in [2.05, 4.69) is 46.9 Å². The van der Waals surface area contributed by atoms with Gasteiger partial charge in [0.25, 0.3) is 0 Å². The van der Waals surface area contributed by atoms with Crippen LogP contribution in [-0.2, 0) is 0 Å². The maximum atomic E-state index is 5.73. The van der Waals surface area contributed by atoms with Crippen LogP contribution in [0.15, 0.2) is 40.3 Å². The third-order valence-corrected chi connectivity index (χ3v) is 2.83. The Morgan fingerprint density at radius 2 is 2.33 bits per heavy atom. The van der Waals surface area contributed by atoms with Gasteiger partial charge in [0.15, 0.2) is 0 Å². The Morgan fingerprint density at radius 1 is 1.60 bits per heavy atom. The van der Waals surface area contributed by atoms with Gasteiger partial charge in [0.1, 0.15) is 0 Å². The lowest BCUT2D eigenvalue weighted by molar-refractivity contribution is 0.549. The Hall–Kier alpha value is -0.310. The van der Waals surface area contributed by atoms with Crippen LogP contribution in [0.5, 0.6) is 0 Å². The number of hydrogen-bond donors (Lipinski definition) is 1. The SMILES string of the molecule is C=C(Cl)CNC(CC)c1cccc(Br)c1. The summed E-state index contributed by atoms with van der Waals surface area (Å²) in [6, 6.07) is 8.63. The van der Waals surface area contributed by atoms with Crippen LogP contribution < -0.4 is 5.32 Å². The standard InChI is InChI=1S/C12H15BrClN/c1-3-12(15-8-9(2)14)10-5-4-6-11(13)7-10/h4-7,12,15H,2-3,8H2,1H3. The fraction of sp³-hybridized carbons (Fsp3) is 0.333. The smallest absolute Gasteiger partial charge is 0.0321 e. The molecule has 3 heteroatoms. The maximum absolute atomic E-state index is 5.73. The summed E-state index contributed by atoms with van der Waals surface area (Å²) in [6.07, 6.45) is 1.03. The van der Waals surface area contributed by atoms with Gasteiger partial charge in [-0.15, -0.1) is 0 Å². The summed E-state index contributed by atoms with van der Waals surface area (Å²) in [7, 11) is 0. The molecule has 0 aliphatic heterocycles. The molecule has 15 heavy (non-hydrogen) atoms. The van der Waals surface area contributed by atoms with Crippen molar-refractivity contribution >= 4 is 27.5 Å². The highest BCUT2D eigenvalue weighted by molar-refractivity contribution is 9.10. The van der Waals surface area contributed by atoms with Crippen LogP contribution in [0, 0.1) is 0 Å². The molecular formula is C12H15BrClN. The van der Waals surface area contributed by atoms with E-state index in [1.165, 1.54) is 5.56 Å². The molecule has 0 aromatic heterocycles. The van der Waals surface area contributed by atoms with Crippen molar-refractivity contribution in [1.82, 2.24) is 5.32 Å². The highest BCUT2D eigenvalue weighted by Gasteiger charge is 2.08. The van der Waals surface area contributed by atoms with E-state index in [1.807, 2.05) is 12.1 Å². The summed E-state index contributed by atoms with van der Waals surface area (Å²) in [5.41, 5.74) is 1.27. The monoisotopic (exact) mass is 287 g/mol. The topological polar surface area (TPSA) is 12.0 Å². The molecular weight excluding hydrogens is 273 g/mol. The van der Waals surface area contributed by atoms with Crippen LogP contribution in [-0.4, -0.2) is 6.54 Å². The predicted molar refractivity (Wildman–Crippen MR) is 70.2 cm³/mol. The summed E-state index contributed by atoms with van der Waals surface area (Å²) in [5, 5.41) is 4.00. The average Bonchev–Trinajstić information content (AvgIpc) is 2.18. The summed E-state index contributed by atoms with van der Waals surface area (Å²) in [4.78, 5) is 0. The lowest BCUT2D eigenvalue weighted by Gasteiger charge is -2.17. The molecule has 1 aromatic carbocycles. The van der Waals surface area contributed by atoms with Crippen molar-refractivity contribution < 1.29 is 0 Å². The fourth-order valence-corrected chi connectivity index (χ4v) is 1.95. The van der Waals surface area contributed by atoms with Crippen LogP contribution in [0.1, 0.15) is 24.9 Å². The summed E-state index contributed by atoms with van der Waals surface area (Å²) < 4.78 is 1.10. The van der Waals surface area contributed by atoms with Gasteiger partial charge in [-0.05, 0) is 24.1 Å². The van der Waals surface area contributed by atoms with E-state index in [-0.39, 0.29) is 0 Å². The van der Waals surface area contributed by atoms with E-state index < -0.39 is 0 Å². The molecule has 0 aliphatic carbocycles. The van der Waals surface area contributed by atoms with Gasteiger partial charge in [-0.25, -0.2) is 0 Å². The summed E-state index contributed by atoms with van der Waals surface area (Å²) >= 11 is 9.20. The van der Waals surface area contributed by atoms with Gasteiger partial charge in [-0.1, -0.05) is 53.2 Å². The van der Waals surface area contributed by atoms with E-state index in [0.29, 0.717) is 17.6 Å². The number of nitrogens with one attached hydrogen (secondary N) is 1. The zero-order valence-corrected chi connectivity index (χ0v) is 11.1. The van der Waals surface area contributed by atoms with Crippen molar-refractivity contribution in [2.45, 2.75) is 19.4 Å². The van der Waals surface area contributed by atoms with Gasteiger partial charge < -0.3 is 5.32 Å².